The van der Waals surface area contributed by atoms with Crippen LogP contribution in [0.5, 0.6) is 0 Å². The number of carbonyl (C=O) groups is 1. The molecule has 2 aromatic carbocycles. The summed E-state index contributed by atoms with van der Waals surface area (Å²) in [5, 5.41) is 15.2. The summed E-state index contributed by atoms with van der Waals surface area (Å²) in [6, 6.07) is 13.7. The zero-order valence-corrected chi connectivity index (χ0v) is 19.1. The Labute approximate surface area is 186 Å². The molecule has 0 radical (unpaired) electrons. The van der Waals surface area contributed by atoms with Crippen LogP contribution in [0.4, 0.5) is 10.8 Å². The van der Waals surface area contributed by atoms with Gasteiger partial charge in [0.05, 0.1) is 11.4 Å². The van der Waals surface area contributed by atoms with Crippen LogP contribution in [-0.4, -0.2) is 31.1 Å². The second-order valence-electron chi connectivity index (χ2n) is 6.92. The molecule has 2 heterocycles. The minimum Gasteiger partial charge on any atom is -0.274 e. The monoisotopic (exact) mass is 482 g/mol. The lowest BCUT2D eigenvalue weighted by atomic mass is 10.1. The van der Waals surface area contributed by atoms with Gasteiger partial charge in [0, 0.05) is 22.3 Å². The van der Waals surface area contributed by atoms with Gasteiger partial charge in [-0.25, -0.2) is 4.98 Å². The van der Waals surface area contributed by atoms with E-state index in [1.807, 2.05) is 55.6 Å². The van der Waals surface area contributed by atoms with Crippen LogP contribution in [0.2, 0.25) is 0 Å². The topological polar surface area (TPSA) is 76.8 Å². The van der Waals surface area contributed by atoms with Crippen LogP contribution in [0, 0.1) is 13.8 Å². The van der Waals surface area contributed by atoms with E-state index in [9.17, 15) is 4.79 Å². The fourth-order valence-corrected chi connectivity index (χ4v) is 4.24. The zero-order valence-electron chi connectivity index (χ0n) is 16.7. The van der Waals surface area contributed by atoms with E-state index < -0.39 is 0 Å². The molecule has 0 bridgehead atoms. The molecule has 0 saturated carbocycles. The molecule has 0 unspecified atom stereocenters. The van der Waals surface area contributed by atoms with Gasteiger partial charge in [-0.05, 0) is 55.0 Å². The van der Waals surface area contributed by atoms with E-state index in [1.54, 1.807) is 11.8 Å². The number of anilines is 2. The van der Waals surface area contributed by atoms with E-state index >= 15 is 0 Å². The fraction of sp³-hybridized carbons (Fsp3) is 0.190. The first kappa shape index (κ1) is 20.4. The molecule has 0 aliphatic carbocycles. The minimum absolute atomic E-state index is 0.0840. The highest BCUT2D eigenvalue weighted by Crippen LogP contribution is 2.31. The van der Waals surface area contributed by atoms with Crippen LogP contribution in [0.3, 0.4) is 0 Å². The largest absolute Gasteiger partial charge is 0.274 e. The van der Waals surface area contributed by atoms with Gasteiger partial charge in [0.25, 0.3) is 0 Å². The molecule has 30 heavy (non-hydrogen) atoms. The van der Waals surface area contributed by atoms with Gasteiger partial charge in [0.15, 0.2) is 5.13 Å². The van der Waals surface area contributed by atoms with E-state index in [-0.39, 0.29) is 5.91 Å². The first-order chi connectivity index (χ1) is 14.4. The van der Waals surface area contributed by atoms with Crippen molar-refractivity contribution in [2.75, 3.05) is 4.90 Å². The number of nitrogens with zero attached hydrogens (tertiary/aromatic N) is 6. The van der Waals surface area contributed by atoms with Crippen LogP contribution in [0.25, 0.3) is 11.4 Å². The van der Waals surface area contributed by atoms with E-state index in [2.05, 4.69) is 42.4 Å². The number of aromatic nitrogens is 5. The van der Waals surface area contributed by atoms with Gasteiger partial charge in [-0.3, -0.25) is 9.69 Å². The third-order valence-electron chi connectivity index (χ3n) is 4.50. The van der Waals surface area contributed by atoms with Crippen molar-refractivity contribution in [2.45, 2.75) is 27.3 Å². The van der Waals surface area contributed by atoms with Crippen LogP contribution < -0.4 is 4.90 Å². The summed E-state index contributed by atoms with van der Waals surface area (Å²) in [6.45, 7) is 5.95. The molecular weight excluding hydrogens is 464 g/mol. The Kier molecular flexibility index (Phi) is 5.74. The van der Waals surface area contributed by atoms with Crippen molar-refractivity contribution in [1.29, 1.82) is 0 Å². The molecular formula is C21H19BrN6OS. The van der Waals surface area contributed by atoms with Crippen molar-refractivity contribution in [3.8, 4) is 11.4 Å². The number of benzene rings is 2. The number of thiazole rings is 1. The highest BCUT2D eigenvalue weighted by atomic mass is 79.9. The van der Waals surface area contributed by atoms with Gasteiger partial charge in [-0.2, -0.15) is 4.80 Å². The Morgan fingerprint density at radius 2 is 1.93 bits per heavy atom. The summed E-state index contributed by atoms with van der Waals surface area (Å²) < 4.78 is 0.993. The van der Waals surface area contributed by atoms with Crippen molar-refractivity contribution in [2.24, 2.45) is 0 Å². The van der Waals surface area contributed by atoms with Crippen LogP contribution in [0.1, 0.15) is 23.7 Å². The minimum atomic E-state index is -0.0840. The molecule has 4 aromatic rings. The Hall–Kier alpha value is -2.91. The number of rotatable bonds is 5. The molecule has 4 rings (SSSR count). The predicted octanol–water partition coefficient (Wildman–Crippen LogP) is 4.91. The van der Waals surface area contributed by atoms with Gasteiger partial charge in [-0.15, -0.1) is 21.5 Å². The molecule has 0 atom stereocenters. The molecule has 0 N–H and O–H groups in total. The average Bonchev–Trinajstić information content (AvgIpc) is 3.34. The number of aryl methyl sites for hydroxylation is 2. The molecule has 7 nitrogen and oxygen atoms in total. The first-order valence-corrected chi connectivity index (χ1v) is 10.9. The Balaban J connectivity index is 1.56. The van der Waals surface area contributed by atoms with Gasteiger partial charge in [-0.1, -0.05) is 33.6 Å². The second kappa shape index (κ2) is 8.45. The summed E-state index contributed by atoms with van der Waals surface area (Å²) in [5.41, 5.74) is 4.68. The number of halogens is 1. The van der Waals surface area contributed by atoms with Crippen molar-refractivity contribution in [3.05, 3.63) is 69.1 Å². The van der Waals surface area contributed by atoms with E-state index in [1.165, 1.54) is 16.1 Å². The first-order valence-electron chi connectivity index (χ1n) is 9.27. The second-order valence-corrected chi connectivity index (χ2v) is 8.67. The maximum absolute atomic E-state index is 12.4. The molecule has 0 aliphatic rings. The normalized spacial score (nSPS) is 10.9. The van der Waals surface area contributed by atoms with Crippen LogP contribution in [0.15, 0.2) is 52.3 Å². The number of tetrazole rings is 1. The summed E-state index contributed by atoms with van der Waals surface area (Å²) >= 11 is 4.84. The Morgan fingerprint density at radius 1 is 1.17 bits per heavy atom. The highest BCUT2D eigenvalue weighted by molar-refractivity contribution is 9.10. The Morgan fingerprint density at radius 3 is 2.63 bits per heavy atom. The number of hydrogen-bond donors (Lipinski definition) is 0. The van der Waals surface area contributed by atoms with Gasteiger partial charge in [0.2, 0.25) is 11.7 Å². The van der Waals surface area contributed by atoms with Gasteiger partial charge < -0.3 is 0 Å². The predicted molar refractivity (Wildman–Crippen MR) is 121 cm³/mol. The average molecular weight is 483 g/mol. The molecule has 0 fully saturated rings. The highest BCUT2D eigenvalue weighted by Gasteiger charge is 2.20. The third kappa shape index (κ3) is 4.31. The number of carbonyl (C=O) groups excluding carboxylic acids is 1. The molecule has 0 saturated heterocycles. The summed E-state index contributed by atoms with van der Waals surface area (Å²) in [4.78, 5) is 20.2. The van der Waals surface area contributed by atoms with Gasteiger partial charge in [0.1, 0.15) is 6.54 Å². The van der Waals surface area contributed by atoms with Crippen molar-refractivity contribution in [1.82, 2.24) is 25.2 Å². The van der Waals surface area contributed by atoms with E-state index in [0.717, 1.165) is 32.5 Å². The van der Waals surface area contributed by atoms with Crippen LogP contribution in [-0.2, 0) is 11.3 Å². The summed E-state index contributed by atoms with van der Waals surface area (Å²) in [6.07, 6.45) is 0. The van der Waals surface area contributed by atoms with Crippen molar-refractivity contribution >= 4 is 44.0 Å². The van der Waals surface area contributed by atoms with E-state index in [0.29, 0.717) is 17.5 Å². The molecule has 1 amide bonds. The zero-order chi connectivity index (χ0) is 21.3. The number of amides is 1. The summed E-state index contributed by atoms with van der Waals surface area (Å²) in [5.74, 6) is 0.470. The lowest BCUT2D eigenvalue weighted by Gasteiger charge is -2.20. The maximum atomic E-state index is 12.4. The summed E-state index contributed by atoms with van der Waals surface area (Å²) in [7, 11) is 0. The molecule has 0 spiro atoms. The Bertz CT molecular complexity index is 1200. The fourth-order valence-electron chi connectivity index (χ4n) is 3.10. The lowest BCUT2D eigenvalue weighted by molar-refractivity contribution is -0.115. The van der Waals surface area contributed by atoms with Crippen molar-refractivity contribution < 1.29 is 4.79 Å². The van der Waals surface area contributed by atoms with Crippen molar-refractivity contribution in [3.63, 3.8) is 0 Å². The number of hydrogen-bond acceptors (Lipinski definition) is 6. The molecule has 9 heteroatoms. The quantitative estimate of drug-likeness (QED) is 0.403. The smallest absolute Gasteiger partial charge is 0.230 e. The standard InChI is InChI=1S/C21H19BrN6OS/c1-13-4-9-19(14(2)10-13)28(15(3)29)21-23-18(12-30-21)11-27-25-20(24-26-27)16-5-7-17(22)8-6-16/h4-10,12H,11H2,1-3H3. The third-order valence-corrected chi connectivity index (χ3v) is 5.90. The maximum Gasteiger partial charge on any atom is 0.230 e. The molecule has 2 aromatic heterocycles. The SMILES string of the molecule is CC(=O)N(c1nc(Cn2nnc(-c3ccc(Br)cc3)n2)cs1)c1ccc(C)cc1C. The van der Waals surface area contributed by atoms with Gasteiger partial charge >= 0.3 is 0 Å². The van der Waals surface area contributed by atoms with E-state index in [4.69, 9.17) is 0 Å². The molecule has 152 valence electrons. The lowest BCUT2D eigenvalue weighted by Crippen LogP contribution is -2.23. The van der Waals surface area contributed by atoms with Crippen LogP contribution >= 0.6 is 27.3 Å². The molecule has 0 aliphatic heterocycles.